The summed E-state index contributed by atoms with van der Waals surface area (Å²) in [6.45, 7) is 6.27. The van der Waals surface area contributed by atoms with E-state index >= 15 is 0 Å². The number of benzene rings is 2. The lowest BCUT2D eigenvalue weighted by atomic mass is 10.1. The number of piperazine rings is 1. The minimum absolute atomic E-state index is 0.159. The molecule has 3 aromatic rings. The van der Waals surface area contributed by atoms with Gasteiger partial charge >= 0.3 is 6.03 Å². The summed E-state index contributed by atoms with van der Waals surface area (Å²) in [5.74, 6) is 1.44. The standard InChI is InChI=1S/C26H31N5O3/c1-33-24-9-7-20-4-2-5-23(25(20)29-24)31-15-13-30(14-16-31)12-3-17-34-21-8-6-19-10-11-27-26(32)28-22(19)18-21/h2,4-9,18H,3,10-17H2,1H3,(H2,27,28,32). The highest BCUT2D eigenvalue weighted by molar-refractivity contribution is 5.92. The van der Waals surface area contributed by atoms with Crippen molar-refractivity contribution in [1.82, 2.24) is 15.2 Å². The predicted octanol–water partition coefficient (Wildman–Crippen LogP) is 3.51. The molecular weight excluding hydrogens is 430 g/mol. The number of carbonyl (C=O) groups is 1. The number of rotatable bonds is 7. The number of ether oxygens (including phenoxy) is 2. The highest BCUT2D eigenvalue weighted by Crippen LogP contribution is 2.28. The topological polar surface area (TPSA) is 79.0 Å². The Labute approximate surface area is 199 Å². The molecule has 2 aliphatic heterocycles. The number of nitrogens with one attached hydrogen (secondary N) is 2. The van der Waals surface area contributed by atoms with Gasteiger partial charge in [-0.1, -0.05) is 18.2 Å². The lowest BCUT2D eigenvalue weighted by Crippen LogP contribution is -2.46. The number of hydrogen-bond donors (Lipinski definition) is 2. The van der Waals surface area contributed by atoms with E-state index in [1.165, 1.54) is 5.69 Å². The molecule has 2 aromatic carbocycles. The average Bonchev–Trinajstić information content (AvgIpc) is 3.06. The van der Waals surface area contributed by atoms with Gasteiger partial charge < -0.3 is 25.0 Å². The van der Waals surface area contributed by atoms with E-state index < -0.39 is 0 Å². The largest absolute Gasteiger partial charge is 0.493 e. The zero-order valence-electron chi connectivity index (χ0n) is 19.5. The van der Waals surface area contributed by atoms with Crippen LogP contribution in [0, 0.1) is 0 Å². The molecule has 34 heavy (non-hydrogen) atoms. The summed E-state index contributed by atoms with van der Waals surface area (Å²) in [7, 11) is 1.65. The highest BCUT2D eigenvalue weighted by Gasteiger charge is 2.19. The van der Waals surface area contributed by atoms with Crippen molar-refractivity contribution < 1.29 is 14.3 Å². The van der Waals surface area contributed by atoms with E-state index in [2.05, 4.69) is 44.7 Å². The second-order valence-electron chi connectivity index (χ2n) is 8.68. The predicted molar refractivity (Wildman–Crippen MR) is 134 cm³/mol. The Morgan fingerprint density at radius 1 is 1.06 bits per heavy atom. The number of aromatic nitrogens is 1. The van der Waals surface area contributed by atoms with Gasteiger partial charge in [0.2, 0.25) is 5.88 Å². The first-order valence-electron chi connectivity index (χ1n) is 11.9. The van der Waals surface area contributed by atoms with Crippen LogP contribution in [0.1, 0.15) is 12.0 Å². The number of methoxy groups -OCH3 is 1. The van der Waals surface area contributed by atoms with Crippen molar-refractivity contribution >= 4 is 28.3 Å². The molecule has 0 bridgehead atoms. The van der Waals surface area contributed by atoms with Crippen LogP contribution in [-0.4, -0.2) is 68.9 Å². The molecule has 8 heteroatoms. The van der Waals surface area contributed by atoms with Crippen LogP contribution >= 0.6 is 0 Å². The number of hydrogen-bond acceptors (Lipinski definition) is 6. The van der Waals surface area contributed by atoms with Crippen LogP contribution in [0.4, 0.5) is 16.2 Å². The van der Waals surface area contributed by atoms with Crippen molar-refractivity contribution in [3.8, 4) is 11.6 Å². The van der Waals surface area contributed by atoms with Crippen LogP contribution in [-0.2, 0) is 6.42 Å². The van der Waals surface area contributed by atoms with Gasteiger partial charge in [0.05, 0.1) is 24.9 Å². The number of anilines is 2. The Bertz CT molecular complexity index is 1160. The van der Waals surface area contributed by atoms with Crippen molar-refractivity contribution in [3.63, 3.8) is 0 Å². The first-order chi connectivity index (χ1) is 16.7. The summed E-state index contributed by atoms with van der Waals surface area (Å²) < 4.78 is 11.3. The zero-order valence-corrected chi connectivity index (χ0v) is 19.5. The fourth-order valence-corrected chi connectivity index (χ4v) is 4.63. The number of urea groups is 1. The molecule has 1 saturated heterocycles. The van der Waals surface area contributed by atoms with Crippen molar-refractivity contribution in [2.24, 2.45) is 0 Å². The molecule has 0 saturated carbocycles. The fraction of sp³-hybridized carbons (Fsp3) is 0.385. The van der Waals surface area contributed by atoms with Gasteiger partial charge in [0, 0.05) is 62.5 Å². The summed E-state index contributed by atoms with van der Waals surface area (Å²) in [5.41, 5.74) is 4.13. The number of carbonyl (C=O) groups excluding carboxylic acids is 1. The monoisotopic (exact) mass is 461 g/mol. The number of amides is 2. The van der Waals surface area contributed by atoms with Gasteiger partial charge in [0.1, 0.15) is 5.75 Å². The van der Waals surface area contributed by atoms with Crippen molar-refractivity contribution in [1.29, 1.82) is 0 Å². The second kappa shape index (κ2) is 10.2. The molecule has 0 spiro atoms. The van der Waals surface area contributed by atoms with Crippen LogP contribution < -0.4 is 25.0 Å². The zero-order chi connectivity index (χ0) is 23.3. The first-order valence-corrected chi connectivity index (χ1v) is 11.9. The van der Waals surface area contributed by atoms with Gasteiger partial charge in [-0.25, -0.2) is 9.78 Å². The van der Waals surface area contributed by atoms with Crippen LogP contribution in [0.15, 0.2) is 48.5 Å². The first kappa shape index (κ1) is 22.3. The molecule has 178 valence electrons. The van der Waals surface area contributed by atoms with E-state index in [0.29, 0.717) is 19.0 Å². The summed E-state index contributed by atoms with van der Waals surface area (Å²) in [6.07, 6.45) is 1.78. The van der Waals surface area contributed by atoms with E-state index in [1.807, 2.05) is 24.3 Å². The van der Waals surface area contributed by atoms with Gasteiger partial charge in [-0.05, 0) is 36.6 Å². The third kappa shape index (κ3) is 5.02. The lowest BCUT2D eigenvalue weighted by molar-refractivity contribution is 0.225. The Morgan fingerprint density at radius 3 is 2.79 bits per heavy atom. The van der Waals surface area contributed by atoms with Crippen molar-refractivity contribution in [2.45, 2.75) is 12.8 Å². The summed E-state index contributed by atoms with van der Waals surface area (Å²) >= 11 is 0. The van der Waals surface area contributed by atoms with Crippen LogP contribution in [0.3, 0.4) is 0 Å². The Morgan fingerprint density at radius 2 is 1.94 bits per heavy atom. The molecule has 5 rings (SSSR count). The van der Waals surface area contributed by atoms with E-state index in [9.17, 15) is 4.79 Å². The van der Waals surface area contributed by atoms with Gasteiger partial charge in [-0.3, -0.25) is 4.90 Å². The second-order valence-corrected chi connectivity index (χ2v) is 8.68. The molecule has 2 aliphatic rings. The quantitative estimate of drug-likeness (QED) is 0.525. The molecule has 8 nitrogen and oxygen atoms in total. The minimum atomic E-state index is -0.159. The third-order valence-electron chi connectivity index (χ3n) is 6.49. The van der Waals surface area contributed by atoms with E-state index in [-0.39, 0.29) is 6.03 Å². The molecule has 0 radical (unpaired) electrons. The molecule has 1 aromatic heterocycles. The van der Waals surface area contributed by atoms with Gasteiger partial charge in [0.15, 0.2) is 0 Å². The molecule has 0 unspecified atom stereocenters. The molecule has 1 fully saturated rings. The summed E-state index contributed by atoms with van der Waals surface area (Å²) in [4.78, 5) is 21.3. The number of fused-ring (bicyclic) bond motifs is 2. The van der Waals surface area contributed by atoms with Crippen molar-refractivity contribution in [3.05, 3.63) is 54.1 Å². The minimum Gasteiger partial charge on any atom is -0.493 e. The van der Waals surface area contributed by atoms with Crippen LogP contribution in [0.2, 0.25) is 0 Å². The highest BCUT2D eigenvalue weighted by atomic mass is 16.5. The lowest BCUT2D eigenvalue weighted by Gasteiger charge is -2.36. The van der Waals surface area contributed by atoms with Crippen LogP contribution in [0.5, 0.6) is 11.6 Å². The third-order valence-corrected chi connectivity index (χ3v) is 6.49. The molecule has 3 heterocycles. The Balaban J connectivity index is 1.10. The smallest absolute Gasteiger partial charge is 0.319 e. The van der Waals surface area contributed by atoms with Gasteiger partial charge in [-0.2, -0.15) is 0 Å². The Kier molecular flexibility index (Phi) is 6.67. The van der Waals surface area contributed by atoms with Crippen molar-refractivity contribution in [2.75, 3.05) is 63.2 Å². The number of nitrogens with zero attached hydrogens (tertiary/aromatic N) is 3. The molecular formula is C26H31N5O3. The maximum atomic E-state index is 11.7. The summed E-state index contributed by atoms with van der Waals surface area (Å²) in [6, 6.07) is 16.1. The molecule has 0 atom stereocenters. The number of para-hydroxylation sites is 1. The fourth-order valence-electron chi connectivity index (χ4n) is 4.63. The average molecular weight is 462 g/mol. The van der Waals surface area contributed by atoms with E-state index in [0.717, 1.165) is 73.5 Å². The van der Waals surface area contributed by atoms with E-state index in [4.69, 9.17) is 14.5 Å². The van der Waals surface area contributed by atoms with Crippen LogP contribution in [0.25, 0.3) is 10.9 Å². The summed E-state index contributed by atoms with van der Waals surface area (Å²) in [5, 5.41) is 6.83. The normalized spacial score (nSPS) is 16.4. The molecule has 2 amide bonds. The van der Waals surface area contributed by atoms with E-state index in [1.54, 1.807) is 7.11 Å². The van der Waals surface area contributed by atoms with Gasteiger partial charge in [-0.15, -0.1) is 0 Å². The Hall–Kier alpha value is -3.52. The SMILES string of the molecule is COc1ccc2cccc(N3CCN(CCCOc4ccc5c(c4)NC(=O)NCC5)CC3)c2n1. The molecule has 2 N–H and O–H groups in total. The number of pyridine rings is 1. The maximum Gasteiger partial charge on any atom is 0.319 e. The molecule has 0 aliphatic carbocycles. The maximum absolute atomic E-state index is 11.7. The van der Waals surface area contributed by atoms with Gasteiger partial charge in [0.25, 0.3) is 0 Å².